The Morgan fingerprint density at radius 3 is 2.94 bits per heavy atom. The topological polar surface area (TPSA) is 71.7 Å². The number of hydrazine groups is 1. The molecule has 0 saturated carbocycles. The van der Waals surface area contributed by atoms with E-state index in [1.165, 1.54) is 0 Å². The van der Waals surface area contributed by atoms with Crippen molar-refractivity contribution >= 4 is 23.2 Å². The van der Waals surface area contributed by atoms with Crippen LogP contribution in [0.2, 0.25) is 5.02 Å². The number of hydrogen-bond donors (Lipinski definition) is 3. The number of anilines is 1. The monoisotopic (exact) mass is 270 g/mol. The largest absolute Gasteiger partial charge is 0.385 e. The molecular weight excluding hydrogens is 252 g/mol. The van der Waals surface area contributed by atoms with E-state index in [0.717, 1.165) is 17.7 Å². The lowest BCUT2D eigenvalue weighted by molar-refractivity contribution is 0.197. The molecule has 0 saturated heterocycles. The molecule has 0 bridgehead atoms. The van der Waals surface area contributed by atoms with Gasteiger partial charge < -0.3 is 10.1 Å². The predicted octanol–water partition coefficient (Wildman–Crippen LogP) is 1.92. The molecule has 5 nitrogen and oxygen atoms in total. The van der Waals surface area contributed by atoms with Crippen LogP contribution in [-0.2, 0) is 4.74 Å². The summed E-state index contributed by atoms with van der Waals surface area (Å²) in [4.78, 5) is 4.29. The van der Waals surface area contributed by atoms with Gasteiger partial charge in [0.25, 0.3) is 0 Å². The van der Waals surface area contributed by atoms with Gasteiger partial charge in [-0.15, -0.1) is 0 Å². The molecule has 0 fully saturated rings. The number of guanidine groups is 1. The maximum Gasteiger partial charge on any atom is 0.210 e. The molecule has 0 aliphatic carbocycles. The van der Waals surface area contributed by atoms with Crippen LogP contribution in [0.5, 0.6) is 0 Å². The maximum atomic E-state index is 6.04. The molecule has 0 aliphatic rings. The van der Waals surface area contributed by atoms with Crippen molar-refractivity contribution in [1.29, 1.82) is 0 Å². The zero-order chi connectivity index (χ0) is 13.4. The van der Waals surface area contributed by atoms with Gasteiger partial charge in [-0.25, -0.2) is 5.84 Å². The fourth-order valence-electron chi connectivity index (χ4n) is 1.39. The predicted molar refractivity (Wildman–Crippen MR) is 75.9 cm³/mol. The minimum absolute atomic E-state index is 0.511. The summed E-state index contributed by atoms with van der Waals surface area (Å²) in [5.41, 5.74) is 4.37. The second-order valence-corrected chi connectivity index (χ2v) is 4.17. The average Bonchev–Trinajstić information content (AvgIpc) is 2.38. The summed E-state index contributed by atoms with van der Waals surface area (Å²) in [7, 11) is 1.67. The zero-order valence-electron chi connectivity index (χ0n) is 10.7. The Kier molecular flexibility index (Phi) is 6.49. The van der Waals surface area contributed by atoms with Crippen LogP contribution in [0.4, 0.5) is 5.69 Å². The molecule has 6 heteroatoms. The first kappa shape index (κ1) is 14.8. The normalized spacial score (nSPS) is 11.4. The van der Waals surface area contributed by atoms with Crippen LogP contribution in [0.3, 0.4) is 0 Å². The van der Waals surface area contributed by atoms with Gasteiger partial charge >= 0.3 is 0 Å². The Morgan fingerprint density at radius 1 is 1.50 bits per heavy atom. The highest BCUT2D eigenvalue weighted by atomic mass is 35.5. The van der Waals surface area contributed by atoms with E-state index in [1.807, 2.05) is 25.1 Å². The van der Waals surface area contributed by atoms with Crippen molar-refractivity contribution in [2.45, 2.75) is 13.3 Å². The van der Waals surface area contributed by atoms with E-state index < -0.39 is 0 Å². The number of rotatable bonds is 5. The summed E-state index contributed by atoms with van der Waals surface area (Å²) in [6, 6.07) is 5.63. The van der Waals surface area contributed by atoms with Crippen molar-refractivity contribution in [2.75, 3.05) is 25.6 Å². The third-order valence-corrected chi connectivity index (χ3v) is 2.84. The molecule has 1 rings (SSSR count). The Labute approximate surface area is 112 Å². The summed E-state index contributed by atoms with van der Waals surface area (Å²) < 4.78 is 4.95. The number of aliphatic imine (C=N–C) groups is 1. The molecule has 0 heterocycles. The quantitative estimate of drug-likeness (QED) is 0.251. The summed E-state index contributed by atoms with van der Waals surface area (Å²) in [6.45, 7) is 3.25. The van der Waals surface area contributed by atoms with Crippen LogP contribution in [0.1, 0.15) is 12.0 Å². The molecule has 0 aliphatic heterocycles. The Morgan fingerprint density at radius 2 is 2.28 bits per heavy atom. The number of hydrogen-bond acceptors (Lipinski definition) is 3. The van der Waals surface area contributed by atoms with Crippen molar-refractivity contribution in [2.24, 2.45) is 10.8 Å². The third-order valence-electron chi connectivity index (χ3n) is 2.43. The smallest absolute Gasteiger partial charge is 0.210 e. The Balaban J connectivity index is 2.65. The molecule has 0 atom stereocenters. The van der Waals surface area contributed by atoms with E-state index in [1.54, 1.807) is 7.11 Å². The molecule has 0 aromatic heterocycles. The zero-order valence-corrected chi connectivity index (χ0v) is 11.4. The van der Waals surface area contributed by atoms with Gasteiger partial charge in [-0.1, -0.05) is 17.7 Å². The highest BCUT2D eigenvalue weighted by molar-refractivity contribution is 6.31. The first-order valence-corrected chi connectivity index (χ1v) is 6.09. The molecule has 0 unspecified atom stereocenters. The van der Waals surface area contributed by atoms with Crippen LogP contribution in [0.15, 0.2) is 23.2 Å². The molecule has 100 valence electrons. The van der Waals surface area contributed by atoms with E-state index in [0.29, 0.717) is 24.1 Å². The van der Waals surface area contributed by atoms with Gasteiger partial charge in [0.15, 0.2) is 0 Å². The van der Waals surface area contributed by atoms with E-state index in [9.17, 15) is 0 Å². The van der Waals surface area contributed by atoms with Gasteiger partial charge in [-0.05, 0) is 31.0 Å². The van der Waals surface area contributed by atoms with E-state index >= 15 is 0 Å². The van der Waals surface area contributed by atoms with Gasteiger partial charge in [0.05, 0.1) is 0 Å². The van der Waals surface area contributed by atoms with Crippen molar-refractivity contribution in [3.05, 3.63) is 28.8 Å². The van der Waals surface area contributed by atoms with Crippen LogP contribution in [0.25, 0.3) is 0 Å². The van der Waals surface area contributed by atoms with E-state index in [4.69, 9.17) is 22.2 Å². The van der Waals surface area contributed by atoms with E-state index in [-0.39, 0.29) is 0 Å². The van der Waals surface area contributed by atoms with Crippen molar-refractivity contribution in [3.63, 3.8) is 0 Å². The van der Waals surface area contributed by atoms with Crippen LogP contribution < -0.4 is 16.6 Å². The van der Waals surface area contributed by atoms with Gasteiger partial charge in [0, 0.05) is 31.0 Å². The SMILES string of the molecule is COCCCN=C(NN)Nc1cccc(Cl)c1C. The molecule has 0 amide bonds. The number of ether oxygens (including phenoxy) is 1. The fourth-order valence-corrected chi connectivity index (χ4v) is 1.57. The summed E-state index contributed by atoms with van der Waals surface area (Å²) in [5.74, 6) is 5.93. The molecule has 4 N–H and O–H groups in total. The standard InChI is InChI=1S/C12H19ClN4O/c1-9-10(13)5-3-6-11(9)16-12(17-14)15-7-4-8-18-2/h3,5-6H,4,7-8,14H2,1-2H3,(H2,15,16,17). The molecule has 0 radical (unpaired) electrons. The molecule has 1 aromatic carbocycles. The van der Waals surface area contributed by atoms with Gasteiger partial charge in [-0.2, -0.15) is 0 Å². The molecular formula is C12H19ClN4O. The maximum absolute atomic E-state index is 6.04. The number of methoxy groups -OCH3 is 1. The van der Waals surface area contributed by atoms with Crippen molar-refractivity contribution in [3.8, 4) is 0 Å². The second-order valence-electron chi connectivity index (χ2n) is 3.76. The summed E-state index contributed by atoms with van der Waals surface area (Å²) in [6.07, 6.45) is 0.845. The van der Waals surface area contributed by atoms with Crippen LogP contribution in [-0.4, -0.2) is 26.2 Å². The average molecular weight is 271 g/mol. The number of benzene rings is 1. The van der Waals surface area contributed by atoms with E-state index in [2.05, 4.69) is 15.7 Å². The lowest BCUT2D eigenvalue weighted by atomic mass is 10.2. The minimum Gasteiger partial charge on any atom is -0.385 e. The summed E-state index contributed by atoms with van der Waals surface area (Å²) >= 11 is 6.04. The number of nitrogens with one attached hydrogen (secondary N) is 2. The first-order chi connectivity index (χ1) is 8.69. The Bertz CT molecular complexity index is 409. The number of nitrogens with zero attached hydrogens (tertiary/aromatic N) is 1. The lowest BCUT2D eigenvalue weighted by Gasteiger charge is -2.12. The lowest BCUT2D eigenvalue weighted by Crippen LogP contribution is -2.36. The van der Waals surface area contributed by atoms with Gasteiger partial charge in [0.1, 0.15) is 0 Å². The van der Waals surface area contributed by atoms with Crippen LogP contribution in [0, 0.1) is 6.92 Å². The van der Waals surface area contributed by atoms with Crippen molar-refractivity contribution < 1.29 is 4.74 Å². The van der Waals surface area contributed by atoms with Crippen molar-refractivity contribution in [1.82, 2.24) is 5.43 Å². The highest BCUT2D eigenvalue weighted by Crippen LogP contribution is 2.22. The first-order valence-electron chi connectivity index (χ1n) is 5.71. The number of nitrogens with two attached hydrogens (primary N) is 1. The van der Waals surface area contributed by atoms with Crippen LogP contribution >= 0.6 is 11.6 Å². The second kappa shape index (κ2) is 7.92. The fraction of sp³-hybridized carbons (Fsp3) is 0.417. The highest BCUT2D eigenvalue weighted by Gasteiger charge is 2.03. The molecule has 18 heavy (non-hydrogen) atoms. The van der Waals surface area contributed by atoms with Gasteiger partial charge in [0.2, 0.25) is 5.96 Å². The molecule has 1 aromatic rings. The van der Waals surface area contributed by atoms with Gasteiger partial charge in [-0.3, -0.25) is 10.4 Å². The minimum atomic E-state index is 0.511. The summed E-state index contributed by atoms with van der Waals surface area (Å²) in [5, 5.41) is 3.81. The Hall–Kier alpha value is -1.30. The molecule has 0 spiro atoms. The number of halogens is 1. The third kappa shape index (κ3) is 4.52.